The Balaban J connectivity index is 1.87. The molecule has 1 atom stereocenters. The van der Waals surface area contributed by atoms with Crippen molar-refractivity contribution in [1.29, 1.82) is 0 Å². The first kappa shape index (κ1) is 11.8. The Morgan fingerprint density at radius 1 is 1.35 bits per heavy atom. The van der Waals surface area contributed by atoms with E-state index in [1.54, 1.807) is 0 Å². The highest BCUT2D eigenvalue weighted by Gasteiger charge is 2.29. The molecule has 0 aromatic heterocycles. The van der Waals surface area contributed by atoms with Crippen molar-refractivity contribution in [2.75, 3.05) is 13.1 Å². The standard InChI is InChI=1S/C13H15NO3/c15-12-6-7-14-8-11(12)13(16)17-9-10-4-2-1-3-5-10/h1-5,11,14H,6-9H2. The lowest BCUT2D eigenvalue weighted by molar-refractivity contribution is -0.153. The predicted octanol–water partition coefficient (Wildman–Crippen LogP) is 0.908. The van der Waals surface area contributed by atoms with Gasteiger partial charge in [-0.3, -0.25) is 9.59 Å². The maximum atomic E-state index is 11.7. The van der Waals surface area contributed by atoms with Crippen LogP contribution in [0, 0.1) is 5.92 Å². The molecule has 1 heterocycles. The Hall–Kier alpha value is -1.68. The maximum Gasteiger partial charge on any atom is 0.318 e. The van der Waals surface area contributed by atoms with Gasteiger partial charge in [0.1, 0.15) is 18.3 Å². The van der Waals surface area contributed by atoms with Crippen molar-refractivity contribution < 1.29 is 14.3 Å². The number of ether oxygens (including phenoxy) is 1. The van der Waals surface area contributed by atoms with Gasteiger partial charge in [0.2, 0.25) is 0 Å². The van der Waals surface area contributed by atoms with E-state index in [1.165, 1.54) is 0 Å². The summed E-state index contributed by atoms with van der Waals surface area (Å²) < 4.78 is 5.14. The second-order valence-corrected chi connectivity index (χ2v) is 4.07. The van der Waals surface area contributed by atoms with E-state index < -0.39 is 11.9 Å². The third-order valence-corrected chi connectivity index (χ3v) is 2.79. The zero-order valence-electron chi connectivity index (χ0n) is 9.52. The summed E-state index contributed by atoms with van der Waals surface area (Å²) in [6, 6.07) is 9.44. The van der Waals surface area contributed by atoms with E-state index >= 15 is 0 Å². The summed E-state index contributed by atoms with van der Waals surface area (Å²) in [5.41, 5.74) is 0.928. The lowest BCUT2D eigenvalue weighted by atomic mass is 9.98. The highest BCUT2D eigenvalue weighted by atomic mass is 16.5. The van der Waals surface area contributed by atoms with E-state index in [1.807, 2.05) is 30.3 Å². The molecule has 17 heavy (non-hydrogen) atoms. The quantitative estimate of drug-likeness (QED) is 0.622. The summed E-state index contributed by atoms with van der Waals surface area (Å²) in [4.78, 5) is 23.2. The molecule has 0 aliphatic carbocycles. The van der Waals surface area contributed by atoms with Gasteiger partial charge in [-0.25, -0.2) is 0 Å². The van der Waals surface area contributed by atoms with Crippen LogP contribution >= 0.6 is 0 Å². The average molecular weight is 233 g/mol. The van der Waals surface area contributed by atoms with Crippen LogP contribution in [-0.2, 0) is 20.9 Å². The number of hydrogen-bond donors (Lipinski definition) is 1. The number of nitrogens with one attached hydrogen (secondary N) is 1. The van der Waals surface area contributed by atoms with Crippen molar-refractivity contribution >= 4 is 11.8 Å². The molecule has 1 fully saturated rings. The van der Waals surface area contributed by atoms with Crippen molar-refractivity contribution in [1.82, 2.24) is 5.32 Å². The van der Waals surface area contributed by atoms with Gasteiger partial charge >= 0.3 is 5.97 Å². The number of carbonyl (C=O) groups is 2. The first-order valence-electron chi connectivity index (χ1n) is 5.71. The molecule has 1 aliphatic rings. The predicted molar refractivity (Wildman–Crippen MR) is 62.2 cm³/mol. The Morgan fingerprint density at radius 3 is 2.82 bits per heavy atom. The van der Waals surface area contributed by atoms with Gasteiger partial charge in [-0.1, -0.05) is 30.3 Å². The van der Waals surface area contributed by atoms with Gasteiger partial charge in [-0.05, 0) is 5.56 Å². The number of piperidine rings is 1. The molecule has 1 aromatic carbocycles. The Kier molecular flexibility index (Phi) is 3.88. The minimum atomic E-state index is -0.632. The minimum Gasteiger partial charge on any atom is -0.460 e. The second-order valence-electron chi connectivity index (χ2n) is 4.07. The third-order valence-electron chi connectivity index (χ3n) is 2.79. The lowest BCUT2D eigenvalue weighted by Crippen LogP contribution is -2.41. The normalized spacial score (nSPS) is 20.0. The Morgan fingerprint density at radius 2 is 2.12 bits per heavy atom. The molecule has 0 spiro atoms. The second kappa shape index (κ2) is 5.59. The van der Waals surface area contributed by atoms with Gasteiger partial charge in [0.05, 0.1) is 0 Å². The van der Waals surface area contributed by atoms with E-state index in [2.05, 4.69) is 5.32 Å². The highest BCUT2D eigenvalue weighted by Crippen LogP contribution is 2.10. The molecule has 0 amide bonds. The summed E-state index contributed by atoms with van der Waals surface area (Å²) in [7, 11) is 0. The minimum absolute atomic E-state index is 0.0261. The van der Waals surface area contributed by atoms with Crippen molar-refractivity contribution in [3.63, 3.8) is 0 Å². The lowest BCUT2D eigenvalue weighted by Gasteiger charge is -2.20. The molecule has 0 radical (unpaired) electrons. The van der Waals surface area contributed by atoms with E-state index in [4.69, 9.17) is 4.74 Å². The van der Waals surface area contributed by atoms with Gasteiger partial charge in [0.15, 0.2) is 0 Å². The summed E-state index contributed by atoms with van der Waals surface area (Å²) in [5, 5.41) is 3.02. The van der Waals surface area contributed by atoms with Crippen molar-refractivity contribution in [3.05, 3.63) is 35.9 Å². The molecule has 1 saturated heterocycles. The summed E-state index contributed by atoms with van der Waals surface area (Å²) in [6.07, 6.45) is 0.408. The highest BCUT2D eigenvalue weighted by molar-refractivity contribution is 5.99. The van der Waals surface area contributed by atoms with Crippen molar-refractivity contribution in [2.24, 2.45) is 5.92 Å². The maximum absolute atomic E-state index is 11.7. The number of Topliss-reactive ketones (excluding diaryl/α,β-unsaturated/α-hetero) is 1. The molecule has 0 bridgehead atoms. The molecule has 4 heteroatoms. The molecule has 90 valence electrons. The topological polar surface area (TPSA) is 55.4 Å². The van der Waals surface area contributed by atoms with E-state index in [0.29, 0.717) is 19.5 Å². The zero-order chi connectivity index (χ0) is 12.1. The zero-order valence-corrected chi connectivity index (χ0v) is 9.52. The van der Waals surface area contributed by atoms with Gasteiger partial charge in [-0.15, -0.1) is 0 Å². The fraction of sp³-hybridized carbons (Fsp3) is 0.385. The first-order valence-corrected chi connectivity index (χ1v) is 5.71. The van der Waals surface area contributed by atoms with Crippen LogP contribution in [-0.4, -0.2) is 24.8 Å². The molecule has 1 N–H and O–H groups in total. The third kappa shape index (κ3) is 3.14. The van der Waals surface area contributed by atoms with E-state index in [-0.39, 0.29) is 12.4 Å². The number of hydrogen-bond acceptors (Lipinski definition) is 4. The number of ketones is 1. The molecule has 1 aromatic rings. The molecule has 0 saturated carbocycles. The van der Waals surface area contributed by atoms with Crippen molar-refractivity contribution in [2.45, 2.75) is 13.0 Å². The molecule has 2 rings (SSSR count). The fourth-order valence-corrected chi connectivity index (χ4v) is 1.79. The number of carbonyl (C=O) groups excluding carboxylic acids is 2. The van der Waals surface area contributed by atoms with Crippen LogP contribution in [0.3, 0.4) is 0 Å². The van der Waals surface area contributed by atoms with Gasteiger partial charge < -0.3 is 10.1 Å². The van der Waals surface area contributed by atoms with Crippen LogP contribution in [0.4, 0.5) is 0 Å². The van der Waals surface area contributed by atoms with Crippen LogP contribution in [0.2, 0.25) is 0 Å². The van der Waals surface area contributed by atoms with E-state index in [0.717, 1.165) is 5.56 Å². The van der Waals surface area contributed by atoms with Gasteiger partial charge in [0, 0.05) is 19.5 Å². The smallest absolute Gasteiger partial charge is 0.318 e. The first-order chi connectivity index (χ1) is 8.27. The molecule has 1 aliphatic heterocycles. The van der Waals surface area contributed by atoms with Gasteiger partial charge in [-0.2, -0.15) is 0 Å². The molecule has 1 unspecified atom stereocenters. The number of esters is 1. The molecular weight excluding hydrogens is 218 g/mol. The van der Waals surface area contributed by atoms with Crippen LogP contribution < -0.4 is 5.32 Å². The van der Waals surface area contributed by atoms with Crippen LogP contribution in [0.5, 0.6) is 0 Å². The summed E-state index contributed by atoms with van der Waals surface area (Å²) in [5.74, 6) is -1.08. The summed E-state index contributed by atoms with van der Waals surface area (Å²) >= 11 is 0. The SMILES string of the molecule is O=C1CCNCC1C(=O)OCc1ccccc1. The summed E-state index contributed by atoms with van der Waals surface area (Å²) in [6.45, 7) is 1.28. The van der Waals surface area contributed by atoms with Crippen LogP contribution in [0.25, 0.3) is 0 Å². The van der Waals surface area contributed by atoms with Gasteiger partial charge in [0.25, 0.3) is 0 Å². The average Bonchev–Trinajstić information content (AvgIpc) is 2.38. The Labute approximate surface area is 100.0 Å². The van der Waals surface area contributed by atoms with Crippen LogP contribution in [0.1, 0.15) is 12.0 Å². The monoisotopic (exact) mass is 233 g/mol. The number of rotatable bonds is 3. The largest absolute Gasteiger partial charge is 0.460 e. The fourth-order valence-electron chi connectivity index (χ4n) is 1.79. The number of benzene rings is 1. The van der Waals surface area contributed by atoms with Crippen LogP contribution in [0.15, 0.2) is 30.3 Å². The molecular formula is C13H15NO3. The van der Waals surface area contributed by atoms with Crippen molar-refractivity contribution in [3.8, 4) is 0 Å². The van der Waals surface area contributed by atoms with E-state index in [9.17, 15) is 9.59 Å². The Bertz CT molecular complexity index is 402. The molecule has 4 nitrogen and oxygen atoms in total.